The van der Waals surface area contributed by atoms with Crippen molar-refractivity contribution in [1.29, 1.82) is 0 Å². The van der Waals surface area contributed by atoms with Crippen LogP contribution in [-0.4, -0.2) is 41.1 Å². The van der Waals surface area contributed by atoms with Crippen molar-refractivity contribution in [2.24, 2.45) is 5.92 Å². The Balaban J connectivity index is 1.68. The summed E-state index contributed by atoms with van der Waals surface area (Å²) >= 11 is 0. The van der Waals surface area contributed by atoms with Crippen LogP contribution in [0.25, 0.3) is 0 Å². The van der Waals surface area contributed by atoms with Gasteiger partial charge in [0.25, 0.3) is 0 Å². The van der Waals surface area contributed by atoms with E-state index in [1.807, 2.05) is 0 Å². The highest BCUT2D eigenvalue weighted by Crippen LogP contribution is 2.32. The van der Waals surface area contributed by atoms with E-state index in [4.69, 9.17) is 0 Å². The van der Waals surface area contributed by atoms with Gasteiger partial charge < -0.3 is 15.5 Å². The summed E-state index contributed by atoms with van der Waals surface area (Å²) in [4.78, 5) is 15.9. The van der Waals surface area contributed by atoms with Crippen LogP contribution in [0, 0.1) is 5.92 Å². The van der Waals surface area contributed by atoms with E-state index >= 15 is 0 Å². The highest BCUT2D eigenvalue weighted by molar-refractivity contribution is 5.44. The highest BCUT2D eigenvalue weighted by Gasteiger charge is 2.21. The molecule has 3 rings (SSSR count). The Morgan fingerprint density at radius 3 is 2.38 bits per heavy atom. The van der Waals surface area contributed by atoms with Crippen molar-refractivity contribution in [2.45, 2.75) is 45.4 Å². The van der Waals surface area contributed by atoms with Crippen molar-refractivity contribution in [3.8, 4) is 0 Å². The second-order valence-corrected chi connectivity index (χ2v) is 6.02. The third-order valence-corrected chi connectivity index (χ3v) is 4.13. The molecule has 21 heavy (non-hydrogen) atoms. The van der Waals surface area contributed by atoms with Gasteiger partial charge in [-0.2, -0.15) is 15.0 Å². The van der Waals surface area contributed by atoms with E-state index in [1.54, 1.807) is 0 Å². The summed E-state index contributed by atoms with van der Waals surface area (Å²) in [6, 6.07) is 0. The Hall–Kier alpha value is -1.59. The van der Waals surface area contributed by atoms with E-state index in [2.05, 4.69) is 37.4 Å². The fourth-order valence-electron chi connectivity index (χ4n) is 2.71. The molecule has 2 heterocycles. The summed E-state index contributed by atoms with van der Waals surface area (Å²) in [5, 5.41) is 6.58. The first-order valence-corrected chi connectivity index (χ1v) is 8.34. The second-order valence-electron chi connectivity index (χ2n) is 6.02. The second kappa shape index (κ2) is 6.91. The van der Waals surface area contributed by atoms with E-state index in [-0.39, 0.29) is 0 Å². The van der Waals surface area contributed by atoms with Gasteiger partial charge in [-0.3, -0.25) is 0 Å². The molecule has 1 saturated heterocycles. The summed E-state index contributed by atoms with van der Waals surface area (Å²) < 4.78 is 0. The molecule has 6 nitrogen and oxygen atoms in total. The molecular formula is C15H26N6. The summed E-state index contributed by atoms with van der Waals surface area (Å²) in [5.74, 6) is 3.13. The van der Waals surface area contributed by atoms with Crippen molar-refractivity contribution in [3.05, 3.63) is 0 Å². The smallest absolute Gasteiger partial charge is 0.231 e. The van der Waals surface area contributed by atoms with Gasteiger partial charge in [0.2, 0.25) is 17.8 Å². The van der Waals surface area contributed by atoms with Gasteiger partial charge in [0.05, 0.1) is 0 Å². The summed E-state index contributed by atoms with van der Waals surface area (Å²) in [6.45, 7) is 5.95. The van der Waals surface area contributed by atoms with Gasteiger partial charge in [-0.05, 0) is 38.5 Å². The fourth-order valence-corrected chi connectivity index (χ4v) is 2.71. The molecule has 1 aromatic heterocycles. The number of nitrogens with one attached hydrogen (secondary N) is 2. The minimum absolute atomic E-state index is 0.682. The van der Waals surface area contributed by atoms with E-state index in [9.17, 15) is 0 Å². The molecule has 116 valence electrons. The van der Waals surface area contributed by atoms with Crippen molar-refractivity contribution >= 4 is 17.8 Å². The molecule has 0 aromatic carbocycles. The molecule has 0 amide bonds. The number of nitrogens with zero attached hydrogens (tertiary/aromatic N) is 4. The molecule has 1 aliphatic carbocycles. The van der Waals surface area contributed by atoms with Gasteiger partial charge in [-0.25, -0.2) is 0 Å². The molecule has 2 fully saturated rings. The van der Waals surface area contributed by atoms with Crippen LogP contribution >= 0.6 is 0 Å². The lowest BCUT2D eigenvalue weighted by Crippen LogP contribution is -2.31. The maximum absolute atomic E-state index is 4.61. The highest BCUT2D eigenvalue weighted by atomic mass is 15.3. The van der Waals surface area contributed by atoms with Crippen molar-refractivity contribution in [2.75, 3.05) is 41.7 Å². The molecule has 2 N–H and O–H groups in total. The van der Waals surface area contributed by atoms with Crippen LogP contribution in [0.2, 0.25) is 0 Å². The Morgan fingerprint density at radius 1 is 1.00 bits per heavy atom. The van der Waals surface area contributed by atoms with E-state index in [0.29, 0.717) is 11.9 Å². The van der Waals surface area contributed by atoms with Crippen molar-refractivity contribution in [1.82, 2.24) is 15.0 Å². The lowest BCUT2D eigenvalue weighted by molar-refractivity contribution is 0.567. The minimum atomic E-state index is 0.682. The lowest BCUT2D eigenvalue weighted by Gasteiger charge is -2.27. The quantitative estimate of drug-likeness (QED) is 0.804. The topological polar surface area (TPSA) is 66.0 Å². The first-order chi connectivity index (χ1) is 10.3. The normalized spacial score (nSPS) is 18.6. The maximum atomic E-state index is 4.61. The predicted octanol–water partition coefficient (Wildman–Crippen LogP) is 2.51. The first-order valence-electron chi connectivity index (χ1n) is 8.34. The predicted molar refractivity (Wildman–Crippen MR) is 85.9 cm³/mol. The van der Waals surface area contributed by atoms with Crippen LogP contribution in [0.3, 0.4) is 0 Å². The zero-order valence-corrected chi connectivity index (χ0v) is 12.9. The Morgan fingerprint density at radius 2 is 1.71 bits per heavy atom. The summed E-state index contributed by atoms with van der Waals surface area (Å²) in [7, 11) is 0. The van der Waals surface area contributed by atoms with Crippen LogP contribution in [0.15, 0.2) is 0 Å². The molecular weight excluding hydrogens is 264 g/mol. The Kier molecular flexibility index (Phi) is 4.72. The standard InChI is InChI=1S/C15H26N6/c1-2-16-13-18-14(17-9-8-12-6-7-12)20-15(19-13)21-10-4-3-5-11-21/h12H,2-11H2,1H3,(H2,16,17,18,19,20). The zero-order valence-electron chi connectivity index (χ0n) is 12.9. The summed E-state index contributed by atoms with van der Waals surface area (Å²) in [6.07, 6.45) is 7.77. The van der Waals surface area contributed by atoms with Crippen LogP contribution < -0.4 is 15.5 Å². The molecule has 1 aromatic rings. The molecule has 0 bridgehead atoms. The number of rotatable bonds is 7. The van der Waals surface area contributed by atoms with E-state index in [0.717, 1.165) is 38.0 Å². The molecule has 0 atom stereocenters. The zero-order chi connectivity index (χ0) is 14.5. The van der Waals surface area contributed by atoms with Crippen LogP contribution in [0.4, 0.5) is 17.8 Å². The van der Waals surface area contributed by atoms with Crippen LogP contribution in [-0.2, 0) is 0 Å². The van der Waals surface area contributed by atoms with Crippen LogP contribution in [0.1, 0.15) is 45.4 Å². The average molecular weight is 290 g/mol. The largest absolute Gasteiger partial charge is 0.354 e. The number of anilines is 3. The Bertz CT molecular complexity index is 453. The molecule has 0 radical (unpaired) electrons. The number of hydrogen-bond donors (Lipinski definition) is 2. The molecule has 6 heteroatoms. The van der Waals surface area contributed by atoms with Gasteiger partial charge in [0, 0.05) is 26.2 Å². The molecule has 0 unspecified atom stereocenters. The number of aromatic nitrogens is 3. The lowest BCUT2D eigenvalue weighted by atomic mass is 10.1. The molecule has 0 spiro atoms. The van der Waals surface area contributed by atoms with Crippen molar-refractivity contribution < 1.29 is 0 Å². The van der Waals surface area contributed by atoms with Crippen LogP contribution in [0.5, 0.6) is 0 Å². The van der Waals surface area contributed by atoms with E-state index in [1.165, 1.54) is 38.5 Å². The number of piperidine rings is 1. The SMILES string of the molecule is CCNc1nc(NCCC2CC2)nc(N2CCCCC2)n1. The third kappa shape index (κ3) is 4.19. The minimum Gasteiger partial charge on any atom is -0.354 e. The average Bonchev–Trinajstić information content (AvgIpc) is 3.33. The van der Waals surface area contributed by atoms with Gasteiger partial charge >= 0.3 is 0 Å². The third-order valence-electron chi connectivity index (χ3n) is 4.13. The number of hydrogen-bond acceptors (Lipinski definition) is 6. The van der Waals surface area contributed by atoms with Gasteiger partial charge in [0.15, 0.2) is 0 Å². The molecule has 2 aliphatic rings. The first kappa shape index (κ1) is 14.4. The molecule has 1 saturated carbocycles. The van der Waals surface area contributed by atoms with Gasteiger partial charge in [0.1, 0.15) is 0 Å². The fraction of sp³-hybridized carbons (Fsp3) is 0.800. The molecule has 1 aliphatic heterocycles. The van der Waals surface area contributed by atoms with Gasteiger partial charge in [-0.1, -0.05) is 12.8 Å². The van der Waals surface area contributed by atoms with E-state index < -0.39 is 0 Å². The Labute approximate surface area is 126 Å². The van der Waals surface area contributed by atoms with Crippen molar-refractivity contribution in [3.63, 3.8) is 0 Å². The summed E-state index contributed by atoms with van der Waals surface area (Å²) in [5.41, 5.74) is 0. The monoisotopic (exact) mass is 290 g/mol. The van der Waals surface area contributed by atoms with Gasteiger partial charge in [-0.15, -0.1) is 0 Å². The maximum Gasteiger partial charge on any atom is 0.231 e.